The highest BCUT2D eigenvalue weighted by Crippen LogP contribution is 2.31. The van der Waals surface area contributed by atoms with Gasteiger partial charge in [-0.15, -0.1) is 12.4 Å². The van der Waals surface area contributed by atoms with E-state index in [1.54, 1.807) is 6.07 Å². The van der Waals surface area contributed by atoms with Crippen molar-refractivity contribution in [3.63, 3.8) is 0 Å². The van der Waals surface area contributed by atoms with Crippen LogP contribution in [0.1, 0.15) is 23.4 Å². The molecule has 3 rings (SSSR count). The summed E-state index contributed by atoms with van der Waals surface area (Å²) >= 11 is 0. The molecule has 1 aliphatic rings. The van der Waals surface area contributed by atoms with E-state index in [1.165, 1.54) is 12.8 Å². The van der Waals surface area contributed by atoms with E-state index in [-0.39, 0.29) is 24.4 Å². The van der Waals surface area contributed by atoms with Crippen molar-refractivity contribution in [1.29, 1.82) is 0 Å². The van der Waals surface area contributed by atoms with Gasteiger partial charge in [0, 0.05) is 18.0 Å². The second kappa shape index (κ2) is 5.63. The van der Waals surface area contributed by atoms with Crippen molar-refractivity contribution >= 4 is 29.3 Å². The molecule has 1 atom stereocenters. The van der Waals surface area contributed by atoms with E-state index in [9.17, 15) is 4.79 Å². The van der Waals surface area contributed by atoms with Crippen molar-refractivity contribution in [3.05, 3.63) is 36.1 Å². The summed E-state index contributed by atoms with van der Waals surface area (Å²) in [4.78, 5) is 11.9. The summed E-state index contributed by atoms with van der Waals surface area (Å²) in [5.41, 5.74) is 6.67. The SMILES string of the molecule is Cl.NC(CNC(=O)c1cc2ccccc2o1)C1CC1. The van der Waals surface area contributed by atoms with E-state index in [0.29, 0.717) is 18.2 Å². The number of fused-ring (bicyclic) bond motifs is 1. The lowest BCUT2D eigenvalue weighted by atomic mass is 10.2. The van der Waals surface area contributed by atoms with Gasteiger partial charge in [0.2, 0.25) is 0 Å². The van der Waals surface area contributed by atoms with Crippen LogP contribution in [0, 0.1) is 5.92 Å². The summed E-state index contributed by atoms with van der Waals surface area (Å²) < 4.78 is 5.49. The summed E-state index contributed by atoms with van der Waals surface area (Å²) in [7, 11) is 0. The molecule has 3 N–H and O–H groups in total. The molecular formula is C14H17ClN2O2. The third-order valence-corrected chi connectivity index (χ3v) is 3.38. The van der Waals surface area contributed by atoms with Crippen molar-refractivity contribution in [2.75, 3.05) is 6.54 Å². The summed E-state index contributed by atoms with van der Waals surface area (Å²) in [5, 5.41) is 3.76. The van der Waals surface area contributed by atoms with Gasteiger partial charge in [0.1, 0.15) is 5.58 Å². The van der Waals surface area contributed by atoms with E-state index in [0.717, 1.165) is 11.0 Å². The predicted octanol–water partition coefficient (Wildman–Crippen LogP) is 2.32. The van der Waals surface area contributed by atoms with Crippen LogP contribution < -0.4 is 11.1 Å². The Morgan fingerprint density at radius 1 is 1.42 bits per heavy atom. The molecule has 1 aromatic heterocycles. The minimum atomic E-state index is -0.192. The Morgan fingerprint density at radius 2 is 2.16 bits per heavy atom. The first-order valence-electron chi connectivity index (χ1n) is 6.26. The van der Waals surface area contributed by atoms with Gasteiger partial charge in [-0.2, -0.15) is 0 Å². The lowest BCUT2D eigenvalue weighted by molar-refractivity contribution is 0.0925. The Kier molecular flexibility index (Phi) is 4.12. The molecule has 0 radical (unpaired) electrons. The highest BCUT2D eigenvalue weighted by atomic mass is 35.5. The zero-order valence-corrected chi connectivity index (χ0v) is 11.3. The third kappa shape index (κ3) is 3.08. The fraction of sp³-hybridized carbons (Fsp3) is 0.357. The predicted molar refractivity (Wildman–Crippen MR) is 76.5 cm³/mol. The van der Waals surface area contributed by atoms with E-state index in [2.05, 4.69) is 5.32 Å². The molecular weight excluding hydrogens is 264 g/mol. The molecule has 1 aromatic carbocycles. The number of para-hydroxylation sites is 1. The number of halogens is 1. The molecule has 1 heterocycles. The number of amides is 1. The average molecular weight is 281 g/mol. The Labute approximate surface area is 117 Å². The topological polar surface area (TPSA) is 68.3 Å². The Morgan fingerprint density at radius 3 is 2.84 bits per heavy atom. The molecule has 0 spiro atoms. The number of carbonyl (C=O) groups excluding carboxylic acids is 1. The largest absolute Gasteiger partial charge is 0.451 e. The number of hydrogen-bond acceptors (Lipinski definition) is 3. The fourth-order valence-electron chi connectivity index (χ4n) is 2.08. The molecule has 1 saturated carbocycles. The number of furan rings is 1. The molecule has 1 aliphatic carbocycles. The molecule has 4 nitrogen and oxygen atoms in total. The normalized spacial score (nSPS) is 15.8. The second-order valence-electron chi connectivity index (χ2n) is 4.86. The molecule has 2 aromatic rings. The van der Waals surface area contributed by atoms with Crippen LogP contribution in [-0.2, 0) is 0 Å². The number of hydrogen-bond donors (Lipinski definition) is 2. The summed E-state index contributed by atoms with van der Waals surface area (Å²) in [5.74, 6) is 0.738. The molecule has 5 heteroatoms. The van der Waals surface area contributed by atoms with Crippen molar-refractivity contribution in [3.8, 4) is 0 Å². The van der Waals surface area contributed by atoms with Gasteiger partial charge in [0.05, 0.1) is 0 Å². The van der Waals surface area contributed by atoms with Crippen LogP contribution in [-0.4, -0.2) is 18.5 Å². The Balaban J connectivity index is 0.00000133. The van der Waals surface area contributed by atoms with E-state index in [1.807, 2.05) is 24.3 Å². The van der Waals surface area contributed by atoms with Crippen LogP contribution in [0.4, 0.5) is 0 Å². The van der Waals surface area contributed by atoms with Gasteiger partial charge in [0.25, 0.3) is 5.91 Å². The monoisotopic (exact) mass is 280 g/mol. The highest BCUT2D eigenvalue weighted by Gasteiger charge is 2.28. The zero-order chi connectivity index (χ0) is 12.5. The number of carbonyl (C=O) groups is 1. The molecule has 0 bridgehead atoms. The van der Waals surface area contributed by atoms with Gasteiger partial charge >= 0.3 is 0 Å². The molecule has 0 aliphatic heterocycles. The van der Waals surface area contributed by atoms with Gasteiger partial charge in [-0.25, -0.2) is 0 Å². The molecule has 0 saturated heterocycles. The van der Waals surface area contributed by atoms with E-state index >= 15 is 0 Å². The van der Waals surface area contributed by atoms with Crippen molar-refractivity contribution < 1.29 is 9.21 Å². The smallest absolute Gasteiger partial charge is 0.287 e. The van der Waals surface area contributed by atoms with Crippen LogP contribution in [0.3, 0.4) is 0 Å². The standard InChI is InChI=1S/C14H16N2O2.ClH/c15-11(9-5-6-9)8-16-14(17)13-7-10-3-1-2-4-12(10)18-13;/h1-4,7,9,11H,5-6,8,15H2,(H,16,17);1H. The molecule has 19 heavy (non-hydrogen) atoms. The van der Waals surface area contributed by atoms with E-state index < -0.39 is 0 Å². The van der Waals surface area contributed by atoms with Crippen LogP contribution in [0.25, 0.3) is 11.0 Å². The minimum Gasteiger partial charge on any atom is -0.451 e. The Bertz CT molecular complexity index is 545. The number of nitrogens with one attached hydrogen (secondary N) is 1. The maximum absolute atomic E-state index is 11.9. The van der Waals surface area contributed by atoms with Crippen LogP contribution in [0.2, 0.25) is 0 Å². The molecule has 1 unspecified atom stereocenters. The first kappa shape index (κ1) is 13.9. The lowest BCUT2D eigenvalue weighted by Crippen LogP contribution is -2.38. The first-order chi connectivity index (χ1) is 8.74. The van der Waals surface area contributed by atoms with Gasteiger partial charge in [-0.3, -0.25) is 4.79 Å². The molecule has 1 amide bonds. The van der Waals surface area contributed by atoms with Crippen LogP contribution in [0.15, 0.2) is 34.7 Å². The van der Waals surface area contributed by atoms with Crippen molar-refractivity contribution in [2.45, 2.75) is 18.9 Å². The average Bonchev–Trinajstić information content (AvgIpc) is 3.14. The number of nitrogens with two attached hydrogens (primary N) is 1. The fourth-order valence-corrected chi connectivity index (χ4v) is 2.08. The summed E-state index contributed by atoms with van der Waals surface area (Å²) in [6.07, 6.45) is 2.36. The van der Waals surface area contributed by atoms with Gasteiger partial charge in [-0.05, 0) is 30.9 Å². The number of rotatable bonds is 4. The third-order valence-electron chi connectivity index (χ3n) is 3.38. The Hall–Kier alpha value is -1.52. The van der Waals surface area contributed by atoms with E-state index in [4.69, 9.17) is 10.2 Å². The van der Waals surface area contributed by atoms with Gasteiger partial charge < -0.3 is 15.5 Å². The summed E-state index contributed by atoms with van der Waals surface area (Å²) in [6.45, 7) is 0.514. The molecule has 102 valence electrons. The maximum Gasteiger partial charge on any atom is 0.287 e. The molecule has 1 fully saturated rings. The second-order valence-corrected chi connectivity index (χ2v) is 4.86. The minimum absolute atomic E-state index is 0. The lowest BCUT2D eigenvalue weighted by Gasteiger charge is -2.10. The quantitative estimate of drug-likeness (QED) is 0.903. The van der Waals surface area contributed by atoms with Crippen LogP contribution in [0.5, 0.6) is 0 Å². The van der Waals surface area contributed by atoms with Crippen molar-refractivity contribution in [2.24, 2.45) is 11.7 Å². The first-order valence-corrected chi connectivity index (χ1v) is 6.26. The van der Waals surface area contributed by atoms with Crippen LogP contribution >= 0.6 is 12.4 Å². The maximum atomic E-state index is 11.9. The van der Waals surface area contributed by atoms with Gasteiger partial charge in [0.15, 0.2) is 5.76 Å². The highest BCUT2D eigenvalue weighted by molar-refractivity contribution is 5.96. The van der Waals surface area contributed by atoms with Crippen molar-refractivity contribution in [1.82, 2.24) is 5.32 Å². The number of benzene rings is 1. The van der Waals surface area contributed by atoms with Gasteiger partial charge in [-0.1, -0.05) is 18.2 Å². The zero-order valence-electron chi connectivity index (χ0n) is 10.5. The summed E-state index contributed by atoms with van der Waals surface area (Å²) in [6, 6.07) is 9.40.